The first-order valence-corrected chi connectivity index (χ1v) is 6.20. The molecule has 1 N–H and O–H groups in total. The molecule has 1 aliphatic carbocycles. The average Bonchev–Trinajstić information content (AvgIpc) is 2.27. The Morgan fingerprint density at radius 1 is 1.41 bits per heavy atom. The summed E-state index contributed by atoms with van der Waals surface area (Å²) in [7, 11) is 0. The van der Waals surface area contributed by atoms with E-state index >= 15 is 0 Å². The van der Waals surface area contributed by atoms with E-state index in [9.17, 15) is 9.59 Å². The number of carbonyl (C=O) groups is 2. The minimum atomic E-state index is -0.547. The van der Waals surface area contributed by atoms with Gasteiger partial charge in [-0.25, -0.2) is 9.59 Å². The number of amides is 1. The first-order chi connectivity index (χ1) is 8.00. The highest BCUT2D eigenvalue weighted by Gasteiger charge is 2.41. The van der Waals surface area contributed by atoms with Gasteiger partial charge in [0.2, 0.25) is 0 Å². The lowest BCUT2D eigenvalue weighted by molar-refractivity contribution is -0.174. The summed E-state index contributed by atoms with van der Waals surface area (Å²) >= 11 is 0. The predicted octanol–water partition coefficient (Wildman–Crippen LogP) is 1.75. The van der Waals surface area contributed by atoms with Gasteiger partial charge in [0.05, 0.1) is 0 Å². The van der Waals surface area contributed by atoms with Crippen LogP contribution in [0.15, 0.2) is 0 Å². The minimum Gasteiger partial charge on any atom is -0.458 e. The lowest BCUT2D eigenvalue weighted by Gasteiger charge is -2.36. The van der Waals surface area contributed by atoms with Crippen LogP contribution in [0.5, 0.6) is 0 Å². The van der Waals surface area contributed by atoms with E-state index in [1.807, 2.05) is 6.92 Å². The van der Waals surface area contributed by atoms with Crippen LogP contribution >= 0.6 is 0 Å². The van der Waals surface area contributed by atoms with E-state index in [-0.39, 0.29) is 17.7 Å². The number of hydrogen-bond donors (Lipinski definition) is 1. The molecule has 1 heterocycles. The van der Waals surface area contributed by atoms with Crippen molar-refractivity contribution >= 4 is 12.1 Å². The molecular weight excluding hydrogens is 222 g/mol. The first-order valence-electron chi connectivity index (χ1n) is 6.20. The van der Waals surface area contributed by atoms with Crippen LogP contribution in [0.3, 0.4) is 0 Å². The number of rotatable bonds is 2. The van der Waals surface area contributed by atoms with Gasteiger partial charge in [-0.15, -0.1) is 0 Å². The second-order valence-corrected chi connectivity index (χ2v) is 5.16. The molecule has 0 aromatic rings. The van der Waals surface area contributed by atoms with E-state index < -0.39 is 12.1 Å². The van der Waals surface area contributed by atoms with E-state index in [0.29, 0.717) is 0 Å². The Hall–Kier alpha value is -1.26. The highest BCUT2D eigenvalue weighted by molar-refractivity contribution is 5.86. The number of carbonyl (C=O) groups excluding carboxylic acids is 2. The predicted molar refractivity (Wildman–Crippen MR) is 60.4 cm³/mol. The first kappa shape index (κ1) is 12.2. The zero-order valence-electron chi connectivity index (χ0n) is 10.3. The zero-order chi connectivity index (χ0) is 12.5. The van der Waals surface area contributed by atoms with Crippen molar-refractivity contribution in [2.24, 2.45) is 0 Å². The standard InChI is InChI=1S/C12H19NO4/c1-8-9(10(14)16-8)13-11(15)17-12(2)6-4-3-5-7-12/h8-9H,3-7H2,1-2H3,(H,13,15). The fourth-order valence-corrected chi connectivity index (χ4v) is 2.40. The highest BCUT2D eigenvalue weighted by Crippen LogP contribution is 2.31. The molecule has 1 amide bonds. The molecule has 5 nitrogen and oxygen atoms in total. The molecule has 2 aliphatic rings. The fraction of sp³-hybridized carbons (Fsp3) is 0.833. The summed E-state index contributed by atoms with van der Waals surface area (Å²) in [5.41, 5.74) is -0.376. The number of esters is 1. The van der Waals surface area contributed by atoms with Crippen molar-refractivity contribution in [3.63, 3.8) is 0 Å². The smallest absolute Gasteiger partial charge is 0.408 e. The molecular formula is C12H19NO4. The van der Waals surface area contributed by atoms with Crippen molar-refractivity contribution in [1.29, 1.82) is 0 Å². The van der Waals surface area contributed by atoms with Crippen LogP contribution in [-0.2, 0) is 14.3 Å². The third-order valence-corrected chi connectivity index (χ3v) is 3.55. The molecule has 96 valence electrons. The Morgan fingerprint density at radius 2 is 2.06 bits per heavy atom. The van der Waals surface area contributed by atoms with Crippen molar-refractivity contribution in [3.8, 4) is 0 Å². The second-order valence-electron chi connectivity index (χ2n) is 5.16. The van der Waals surface area contributed by atoms with E-state index in [4.69, 9.17) is 9.47 Å². The molecule has 0 radical (unpaired) electrons. The molecule has 1 saturated heterocycles. The van der Waals surface area contributed by atoms with Gasteiger partial charge >= 0.3 is 12.1 Å². The molecule has 2 rings (SSSR count). The summed E-state index contributed by atoms with van der Waals surface area (Å²) in [4.78, 5) is 22.7. The molecule has 2 unspecified atom stereocenters. The molecule has 0 aromatic carbocycles. The maximum atomic E-state index is 11.7. The molecule has 1 aliphatic heterocycles. The Labute approximate surface area is 101 Å². The third kappa shape index (κ3) is 2.70. The van der Waals surface area contributed by atoms with E-state index in [1.54, 1.807) is 6.92 Å². The van der Waals surface area contributed by atoms with Gasteiger partial charge in [0, 0.05) is 0 Å². The summed E-state index contributed by atoms with van der Waals surface area (Å²) < 4.78 is 10.2. The van der Waals surface area contributed by atoms with E-state index in [1.165, 1.54) is 6.42 Å². The average molecular weight is 241 g/mol. The van der Waals surface area contributed by atoms with Gasteiger partial charge in [-0.2, -0.15) is 0 Å². The van der Waals surface area contributed by atoms with E-state index in [0.717, 1.165) is 25.7 Å². The summed E-state index contributed by atoms with van der Waals surface area (Å²) in [6, 6.07) is -0.547. The number of alkyl carbamates (subject to hydrolysis) is 1. The molecule has 17 heavy (non-hydrogen) atoms. The van der Waals surface area contributed by atoms with Crippen molar-refractivity contribution in [2.75, 3.05) is 0 Å². The van der Waals surface area contributed by atoms with Gasteiger partial charge in [0.1, 0.15) is 11.7 Å². The van der Waals surface area contributed by atoms with Crippen molar-refractivity contribution < 1.29 is 19.1 Å². The highest BCUT2D eigenvalue weighted by atomic mass is 16.6. The summed E-state index contributed by atoms with van der Waals surface area (Å²) in [5.74, 6) is -0.386. The molecule has 0 spiro atoms. The summed E-state index contributed by atoms with van der Waals surface area (Å²) in [5, 5.41) is 2.55. The van der Waals surface area contributed by atoms with Crippen LogP contribution in [-0.4, -0.2) is 29.8 Å². The number of nitrogens with one attached hydrogen (secondary N) is 1. The maximum Gasteiger partial charge on any atom is 0.408 e. The third-order valence-electron chi connectivity index (χ3n) is 3.55. The lowest BCUT2D eigenvalue weighted by atomic mass is 9.86. The van der Waals surface area contributed by atoms with Crippen molar-refractivity contribution in [3.05, 3.63) is 0 Å². The van der Waals surface area contributed by atoms with Crippen LogP contribution in [0, 0.1) is 0 Å². The molecule has 0 bridgehead atoms. The number of cyclic esters (lactones) is 1. The van der Waals surface area contributed by atoms with E-state index in [2.05, 4.69) is 5.32 Å². The monoisotopic (exact) mass is 241 g/mol. The van der Waals surface area contributed by atoms with Gasteiger partial charge in [-0.3, -0.25) is 0 Å². The SMILES string of the molecule is CC1OC(=O)C1NC(=O)OC1(C)CCCCC1. The fourth-order valence-electron chi connectivity index (χ4n) is 2.40. The lowest BCUT2D eigenvalue weighted by Crippen LogP contribution is -2.59. The van der Waals surface area contributed by atoms with Crippen LogP contribution in [0.25, 0.3) is 0 Å². The van der Waals surface area contributed by atoms with Crippen molar-refractivity contribution in [1.82, 2.24) is 5.32 Å². The van der Waals surface area contributed by atoms with Gasteiger partial charge in [-0.05, 0) is 39.5 Å². The largest absolute Gasteiger partial charge is 0.458 e. The van der Waals surface area contributed by atoms with Crippen LogP contribution in [0.2, 0.25) is 0 Å². The van der Waals surface area contributed by atoms with Gasteiger partial charge in [-0.1, -0.05) is 6.42 Å². The van der Waals surface area contributed by atoms with Gasteiger partial charge in [0.25, 0.3) is 0 Å². The Kier molecular flexibility index (Phi) is 3.26. The Morgan fingerprint density at radius 3 is 2.59 bits per heavy atom. The molecule has 0 aromatic heterocycles. The van der Waals surface area contributed by atoms with Crippen molar-refractivity contribution in [2.45, 2.75) is 63.7 Å². The van der Waals surface area contributed by atoms with Crippen LogP contribution < -0.4 is 5.32 Å². The Bertz CT molecular complexity index is 322. The maximum absolute atomic E-state index is 11.7. The molecule has 2 fully saturated rings. The number of hydrogen-bond acceptors (Lipinski definition) is 4. The van der Waals surface area contributed by atoms with Gasteiger partial charge < -0.3 is 14.8 Å². The van der Waals surface area contributed by atoms with Crippen LogP contribution in [0.1, 0.15) is 46.0 Å². The Balaban J connectivity index is 1.82. The zero-order valence-corrected chi connectivity index (χ0v) is 10.3. The normalized spacial score (nSPS) is 31.1. The molecule has 1 saturated carbocycles. The quantitative estimate of drug-likeness (QED) is 0.748. The summed E-state index contributed by atoms with van der Waals surface area (Å²) in [6.45, 7) is 3.70. The molecule has 2 atom stereocenters. The molecule has 5 heteroatoms. The van der Waals surface area contributed by atoms with Gasteiger partial charge in [0.15, 0.2) is 6.04 Å². The minimum absolute atomic E-state index is 0.255. The summed E-state index contributed by atoms with van der Waals surface area (Å²) in [6.07, 6.45) is 4.40. The second kappa shape index (κ2) is 4.55. The topological polar surface area (TPSA) is 64.6 Å². The van der Waals surface area contributed by atoms with Crippen LogP contribution in [0.4, 0.5) is 4.79 Å². The number of ether oxygens (including phenoxy) is 2.